The van der Waals surface area contributed by atoms with Crippen LogP contribution in [0.25, 0.3) is 0 Å². The number of hydrogen-bond acceptors (Lipinski definition) is 5. The summed E-state index contributed by atoms with van der Waals surface area (Å²) in [6, 6.07) is 10.0. The number of rotatable bonds is 7. The van der Waals surface area contributed by atoms with Gasteiger partial charge in [-0.05, 0) is 17.2 Å². The van der Waals surface area contributed by atoms with Crippen LogP contribution in [0.15, 0.2) is 36.5 Å². The zero-order valence-electron chi connectivity index (χ0n) is 11.8. The molecule has 0 saturated carbocycles. The summed E-state index contributed by atoms with van der Waals surface area (Å²) in [6.45, 7) is 1.72. The van der Waals surface area contributed by atoms with Crippen LogP contribution in [0.4, 0.5) is 5.82 Å². The van der Waals surface area contributed by atoms with Crippen LogP contribution in [0.5, 0.6) is 0 Å². The Morgan fingerprint density at radius 1 is 1.00 bits per heavy atom. The third-order valence-corrected chi connectivity index (χ3v) is 2.86. The first-order valence-electron chi connectivity index (χ1n) is 6.44. The molecule has 0 aliphatic heterocycles. The van der Waals surface area contributed by atoms with E-state index in [0.29, 0.717) is 25.6 Å². The van der Waals surface area contributed by atoms with Crippen LogP contribution >= 0.6 is 0 Å². The third kappa shape index (κ3) is 4.01. The maximum atomic E-state index is 5.20. The van der Waals surface area contributed by atoms with Gasteiger partial charge in [0.1, 0.15) is 12.4 Å². The average molecular weight is 273 g/mol. The predicted molar refractivity (Wildman–Crippen MR) is 77.2 cm³/mol. The summed E-state index contributed by atoms with van der Waals surface area (Å²) < 4.78 is 10.2. The summed E-state index contributed by atoms with van der Waals surface area (Å²) >= 11 is 0. The number of hydrogen-bond donors (Lipinski definition) is 1. The molecule has 5 nitrogen and oxygen atoms in total. The lowest BCUT2D eigenvalue weighted by atomic mass is 10.1. The van der Waals surface area contributed by atoms with Crippen molar-refractivity contribution in [3.8, 4) is 0 Å². The van der Waals surface area contributed by atoms with Crippen LogP contribution < -0.4 is 5.32 Å². The molecule has 1 N–H and O–H groups in total. The van der Waals surface area contributed by atoms with Crippen molar-refractivity contribution in [1.82, 2.24) is 9.97 Å². The van der Waals surface area contributed by atoms with Gasteiger partial charge in [0, 0.05) is 27.0 Å². The molecule has 0 atom stereocenters. The molecule has 1 aromatic heterocycles. The van der Waals surface area contributed by atoms with Crippen LogP contribution in [0.3, 0.4) is 0 Å². The van der Waals surface area contributed by atoms with E-state index in [4.69, 9.17) is 9.47 Å². The van der Waals surface area contributed by atoms with E-state index >= 15 is 0 Å². The van der Waals surface area contributed by atoms with E-state index in [0.717, 1.165) is 5.82 Å². The Morgan fingerprint density at radius 2 is 1.75 bits per heavy atom. The second-order valence-corrected chi connectivity index (χ2v) is 4.35. The van der Waals surface area contributed by atoms with Crippen molar-refractivity contribution in [3.63, 3.8) is 0 Å². The van der Waals surface area contributed by atoms with Crippen LogP contribution in [0.1, 0.15) is 17.0 Å². The molecule has 2 aromatic rings. The summed E-state index contributed by atoms with van der Waals surface area (Å²) in [4.78, 5) is 8.51. The van der Waals surface area contributed by atoms with E-state index in [-0.39, 0.29) is 0 Å². The molecular formula is C15H19N3O2. The number of methoxy groups -OCH3 is 2. The highest BCUT2D eigenvalue weighted by atomic mass is 16.5. The van der Waals surface area contributed by atoms with Gasteiger partial charge < -0.3 is 14.8 Å². The van der Waals surface area contributed by atoms with Crippen molar-refractivity contribution in [2.75, 3.05) is 19.5 Å². The van der Waals surface area contributed by atoms with Crippen molar-refractivity contribution in [2.45, 2.75) is 19.8 Å². The molecule has 0 spiro atoms. The highest BCUT2D eigenvalue weighted by Gasteiger charge is 2.03. The van der Waals surface area contributed by atoms with Gasteiger partial charge in [-0.15, -0.1) is 0 Å². The zero-order chi connectivity index (χ0) is 14.2. The summed E-state index contributed by atoms with van der Waals surface area (Å²) in [5, 5.41) is 3.30. The molecule has 0 aliphatic rings. The lowest BCUT2D eigenvalue weighted by Gasteiger charge is -2.10. The zero-order valence-corrected chi connectivity index (χ0v) is 11.8. The Balaban J connectivity index is 2.03. The fraction of sp³-hybridized carbons (Fsp3) is 0.333. The lowest BCUT2D eigenvalue weighted by molar-refractivity contribution is 0.178. The van der Waals surface area contributed by atoms with E-state index in [1.165, 1.54) is 11.1 Å². The smallest absolute Gasteiger partial charge is 0.156 e. The number of anilines is 1. The van der Waals surface area contributed by atoms with Crippen LogP contribution in [0.2, 0.25) is 0 Å². The SMILES string of the molecule is COCc1nccc(NCc2ccccc2COC)n1. The van der Waals surface area contributed by atoms with Crippen molar-refractivity contribution in [1.29, 1.82) is 0 Å². The van der Waals surface area contributed by atoms with Gasteiger partial charge >= 0.3 is 0 Å². The molecule has 1 aromatic carbocycles. The van der Waals surface area contributed by atoms with Crippen molar-refractivity contribution >= 4 is 5.82 Å². The summed E-state index contributed by atoms with van der Waals surface area (Å²) in [7, 11) is 3.33. The minimum absolute atomic E-state index is 0.412. The summed E-state index contributed by atoms with van der Waals surface area (Å²) in [5.74, 6) is 1.46. The molecule has 2 rings (SSSR count). The molecule has 0 amide bonds. The lowest BCUT2D eigenvalue weighted by Crippen LogP contribution is -2.06. The van der Waals surface area contributed by atoms with Gasteiger partial charge in [-0.1, -0.05) is 24.3 Å². The van der Waals surface area contributed by atoms with Crippen molar-refractivity contribution < 1.29 is 9.47 Å². The van der Waals surface area contributed by atoms with E-state index in [1.54, 1.807) is 20.4 Å². The third-order valence-electron chi connectivity index (χ3n) is 2.86. The van der Waals surface area contributed by atoms with E-state index < -0.39 is 0 Å². The molecule has 0 fully saturated rings. The first kappa shape index (κ1) is 14.4. The normalized spacial score (nSPS) is 10.5. The number of nitrogens with one attached hydrogen (secondary N) is 1. The molecule has 0 aliphatic carbocycles. The molecule has 0 bridgehead atoms. The topological polar surface area (TPSA) is 56.3 Å². The molecular weight excluding hydrogens is 254 g/mol. The number of ether oxygens (including phenoxy) is 2. The maximum absolute atomic E-state index is 5.20. The van der Waals surface area contributed by atoms with Gasteiger partial charge in [-0.3, -0.25) is 0 Å². The predicted octanol–water partition coefficient (Wildman–Crippen LogP) is 2.38. The molecule has 5 heteroatoms. The van der Waals surface area contributed by atoms with Gasteiger partial charge in [0.05, 0.1) is 6.61 Å². The highest BCUT2D eigenvalue weighted by Crippen LogP contribution is 2.12. The minimum Gasteiger partial charge on any atom is -0.380 e. The van der Waals surface area contributed by atoms with Gasteiger partial charge in [0.25, 0.3) is 0 Å². The highest BCUT2D eigenvalue weighted by molar-refractivity contribution is 5.36. The van der Waals surface area contributed by atoms with E-state index in [2.05, 4.69) is 27.4 Å². The Kier molecular flexibility index (Phi) is 5.46. The largest absolute Gasteiger partial charge is 0.380 e. The second kappa shape index (κ2) is 7.57. The molecule has 0 saturated heterocycles. The van der Waals surface area contributed by atoms with Crippen molar-refractivity contribution in [3.05, 3.63) is 53.5 Å². The Labute approximate surface area is 119 Å². The molecule has 20 heavy (non-hydrogen) atoms. The average Bonchev–Trinajstić information content (AvgIpc) is 2.47. The Hall–Kier alpha value is -1.98. The summed E-state index contributed by atoms with van der Waals surface area (Å²) in [5.41, 5.74) is 2.37. The molecule has 0 unspecified atom stereocenters. The second-order valence-electron chi connectivity index (χ2n) is 4.35. The van der Waals surface area contributed by atoms with Crippen LogP contribution in [-0.2, 0) is 29.2 Å². The fourth-order valence-corrected chi connectivity index (χ4v) is 1.91. The Bertz CT molecular complexity index is 546. The monoisotopic (exact) mass is 273 g/mol. The van der Waals surface area contributed by atoms with Gasteiger partial charge in [-0.25, -0.2) is 9.97 Å². The first-order valence-corrected chi connectivity index (χ1v) is 6.44. The van der Waals surface area contributed by atoms with E-state index in [1.807, 2.05) is 18.2 Å². The van der Waals surface area contributed by atoms with Gasteiger partial charge in [-0.2, -0.15) is 0 Å². The number of benzene rings is 1. The molecule has 1 heterocycles. The van der Waals surface area contributed by atoms with E-state index in [9.17, 15) is 0 Å². The fourth-order valence-electron chi connectivity index (χ4n) is 1.91. The molecule has 0 radical (unpaired) electrons. The first-order chi connectivity index (χ1) is 9.83. The Morgan fingerprint density at radius 3 is 2.50 bits per heavy atom. The standard InChI is InChI=1S/C15H19N3O2/c1-19-10-13-6-4-3-5-12(13)9-17-14-7-8-16-15(18-14)11-20-2/h3-8H,9-11H2,1-2H3,(H,16,17,18). The quantitative estimate of drug-likeness (QED) is 0.839. The number of nitrogens with zero attached hydrogens (tertiary/aromatic N) is 2. The number of aromatic nitrogens is 2. The van der Waals surface area contributed by atoms with Gasteiger partial charge in [0.15, 0.2) is 5.82 Å². The van der Waals surface area contributed by atoms with Crippen molar-refractivity contribution in [2.24, 2.45) is 0 Å². The minimum atomic E-state index is 0.412. The molecule has 106 valence electrons. The summed E-state index contributed by atoms with van der Waals surface area (Å²) in [6.07, 6.45) is 1.73. The van der Waals surface area contributed by atoms with Gasteiger partial charge in [0.2, 0.25) is 0 Å². The van der Waals surface area contributed by atoms with Crippen LogP contribution in [0, 0.1) is 0 Å². The maximum Gasteiger partial charge on any atom is 0.156 e. The van der Waals surface area contributed by atoms with Crippen LogP contribution in [-0.4, -0.2) is 24.2 Å².